The normalized spacial score (nSPS) is 19.5. The van der Waals surface area contributed by atoms with Crippen molar-refractivity contribution in [3.63, 3.8) is 0 Å². The minimum absolute atomic E-state index is 0.0333. The van der Waals surface area contributed by atoms with E-state index in [0.717, 1.165) is 16.9 Å². The molecule has 94 valence electrons. The van der Waals surface area contributed by atoms with E-state index in [1.807, 2.05) is 19.1 Å². The maximum Gasteiger partial charge on any atom is 0.121 e. The average molecular weight is 237 g/mol. The van der Waals surface area contributed by atoms with Crippen molar-refractivity contribution in [2.75, 3.05) is 26.9 Å². The molecule has 17 heavy (non-hydrogen) atoms. The SMILES string of the molecule is COc1ccc(C2(C(N)CO)COC2)cc1C. The third kappa shape index (κ3) is 1.92. The molecule has 0 saturated carbocycles. The second-order valence-corrected chi connectivity index (χ2v) is 4.62. The van der Waals surface area contributed by atoms with Crippen LogP contribution in [-0.2, 0) is 10.2 Å². The van der Waals surface area contributed by atoms with E-state index >= 15 is 0 Å². The smallest absolute Gasteiger partial charge is 0.121 e. The van der Waals surface area contributed by atoms with E-state index in [2.05, 4.69) is 6.07 Å². The molecule has 1 aliphatic heterocycles. The van der Waals surface area contributed by atoms with Gasteiger partial charge >= 0.3 is 0 Å². The average Bonchev–Trinajstić information content (AvgIpc) is 2.27. The summed E-state index contributed by atoms with van der Waals surface area (Å²) in [6.07, 6.45) is 0. The zero-order valence-corrected chi connectivity index (χ0v) is 10.3. The van der Waals surface area contributed by atoms with Gasteiger partial charge in [-0.05, 0) is 24.1 Å². The lowest BCUT2D eigenvalue weighted by Gasteiger charge is -2.45. The van der Waals surface area contributed by atoms with Gasteiger partial charge < -0.3 is 20.3 Å². The van der Waals surface area contributed by atoms with Crippen molar-refractivity contribution in [1.29, 1.82) is 0 Å². The molecule has 0 bridgehead atoms. The standard InChI is InChI=1S/C13H19NO3/c1-9-5-10(3-4-11(9)16-2)13(7-17-8-13)12(14)6-15/h3-5,12,15H,6-8,14H2,1-2H3. The Morgan fingerprint density at radius 1 is 1.53 bits per heavy atom. The number of hydrogen-bond acceptors (Lipinski definition) is 4. The highest BCUT2D eigenvalue weighted by Gasteiger charge is 2.45. The van der Waals surface area contributed by atoms with Crippen molar-refractivity contribution in [3.05, 3.63) is 29.3 Å². The Bertz CT molecular complexity index is 402. The summed E-state index contributed by atoms with van der Waals surface area (Å²) in [5, 5.41) is 9.26. The number of aliphatic hydroxyl groups excluding tert-OH is 1. The molecule has 1 atom stereocenters. The van der Waals surface area contributed by atoms with Crippen molar-refractivity contribution in [2.24, 2.45) is 5.73 Å². The predicted molar refractivity (Wildman–Crippen MR) is 65.3 cm³/mol. The van der Waals surface area contributed by atoms with Crippen molar-refractivity contribution in [2.45, 2.75) is 18.4 Å². The minimum Gasteiger partial charge on any atom is -0.496 e. The maximum atomic E-state index is 9.26. The van der Waals surface area contributed by atoms with E-state index in [0.29, 0.717) is 13.2 Å². The predicted octanol–water partition coefficient (Wildman–Crippen LogP) is 0.591. The van der Waals surface area contributed by atoms with Crippen LogP contribution in [0.5, 0.6) is 5.75 Å². The molecular formula is C13H19NO3. The molecule has 0 radical (unpaired) electrons. The fourth-order valence-electron chi connectivity index (χ4n) is 2.28. The molecule has 1 aromatic carbocycles. The van der Waals surface area contributed by atoms with Gasteiger partial charge in [0.1, 0.15) is 5.75 Å². The van der Waals surface area contributed by atoms with Crippen LogP contribution in [-0.4, -0.2) is 38.1 Å². The number of benzene rings is 1. The van der Waals surface area contributed by atoms with Crippen LogP contribution >= 0.6 is 0 Å². The number of rotatable bonds is 4. The van der Waals surface area contributed by atoms with Crippen LogP contribution in [0.1, 0.15) is 11.1 Å². The molecule has 1 aromatic rings. The largest absolute Gasteiger partial charge is 0.496 e. The van der Waals surface area contributed by atoms with Gasteiger partial charge in [0.25, 0.3) is 0 Å². The number of methoxy groups -OCH3 is 1. The number of ether oxygens (including phenoxy) is 2. The molecule has 0 aliphatic carbocycles. The summed E-state index contributed by atoms with van der Waals surface area (Å²) in [6.45, 7) is 3.11. The Kier molecular flexibility index (Phi) is 3.38. The van der Waals surface area contributed by atoms with Crippen LogP contribution in [0.3, 0.4) is 0 Å². The van der Waals surface area contributed by atoms with Crippen molar-refractivity contribution < 1.29 is 14.6 Å². The number of aliphatic hydroxyl groups is 1. The molecule has 1 heterocycles. The zero-order chi connectivity index (χ0) is 12.5. The van der Waals surface area contributed by atoms with Crippen LogP contribution < -0.4 is 10.5 Å². The number of aryl methyl sites for hydroxylation is 1. The van der Waals surface area contributed by atoms with Gasteiger partial charge in [-0.2, -0.15) is 0 Å². The van der Waals surface area contributed by atoms with Gasteiger partial charge in [-0.1, -0.05) is 12.1 Å². The first-order valence-corrected chi connectivity index (χ1v) is 5.73. The van der Waals surface area contributed by atoms with E-state index in [9.17, 15) is 5.11 Å². The van der Waals surface area contributed by atoms with Crippen LogP contribution in [0.2, 0.25) is 0 Å². The summed E-state index contributed by atoms with van der Waals surface area (Å²) >= 11 is 0. The zero-order valence-electron chi connectivity index (χ0n) is 10.3. The molecule has 2 rings (SSSR count). The number of hydrogen-bond donors (Lipinski definition) is 2. The Hall–Kier alpha value is -1.10. The van der Waals surface area contributed by atoms with Crippen LogP contribution in [0.4, 0.5) is 0 Å². The highest BCUT2D eigenvalue weighted by atomic mass is 16.5. The highest BCUT2D eigenvalue weighted by molar-refractivity contribution is 5.41. The summed E-state index contributed by atoms with van der Waals surface area (Å²) in [4.78, 5) is 0. The topological polar surface area (TPSA) is 64.7 Å². The lowest BCUT2D eigenvalue weighted by Crippen LogP contribution is -2.60. The van der Waals surface area contributed by atoms with E-state index in [4.69, 9.17) is 15.2 Å². The molecule has 1 fully saturated rings. The first-order valence-electron chi connectivity index (χ1n) is 5.73. The quantitative estimate of drug-likeness (QED) is 0.804. The van der Waals surface area contributed by atoms with E-state index in [1.54, 1.807) is 7.11 Å². The van der Waals surface area contributed by atoms with E-state index < -0.39 is 0 Å². The molecular weight excluding hydrogens is 218 g/mol. The lowest BCUT2D eigenvalue weighted by atomic mass is 9.72. The fourth-order valence-corrected chi connectivity index (χ4v) is 2.28. The van der Waals surface area contributed by atoms with Gasteiger partial charge in [0.15, 0.2) is 0 Å². The molecule has 0 aromatic heterocycles. The van der Waals surface area contributed by atoms with E-state index in [1.165, 1.54) is 0 Å². The fraction of sp³-hybridized carbons (Fsp3) is 0.538. The number of nitrogens with two attached hydrogens (primary N) is 1. The van der Waals surface area contributed by atoms with Crippen LogP contribution in [0.25, 0.3) is 0 Å². The molecule has 0 spiro atoms. The molecule has 4 heteroatoms. The molecule has 1 aliphatic rings. The highest BCUT2D eigenvalue weighted by Crippen LogP contribution is 2.36. The minimum atomic E-state index is -0.288. The van der Waals surface area contributed by atoms with Gasteiger partial charge in [0.05, 0.1) is 32.3 Å². The Balaban J connectivity index is 2.35. The van der Waals surface area contributed by atoms with Gasteiger partial charge in [-0.3, -0.25) is 0 Å². The van der Waals surface area contributed by atoms with E-state index in [-0.39, 0.29) is 18.1 Å². The van der Waals surface area contributed by atoms with Gasteiger partial charge in [0.2, 0.25) is 0 Å². The first-order chi connectivity index (χ1) is 8.14. The van der Waals surface area contributed by atoms with Crippen molar-refractivity contribution >= 4 is 0 Å². The van der Waals surface area contributed by atoms with Gasteiger partial charge in [-0.25, -0.2) is 0 Å². The van der Waals surface area contributed by atoms with Crippen LogP contribution in [0.15, 0.2) is 18.2 Å². The van der Waals surface area contributed by atoms with Gasteiger partial charge in [-0.15, -0.1) is 0 Å². The van der Waals surface area contributed by atoms with Crippen molar-refractivity contribution in [3.8, 4) is 5.75 Å². The Morgan fingerprint density at radius 3 is 2.65 bits per heavy atom. The summed E-state index contributed by atoms with van der Waals surface area (Å²) in [7, 11) is 1.66. The van der Waals surface area contributed by atoms with Crippen LogP contribution in [0, 0.1) is 6.92 Å². The van der Waals surface area contributed by atoms with Gasteiger partial charge in [0, 0.05) is 6.04 Å². The summed E-state index contributed by atoms with van der Waals surface area (Å²) in [5.41, 5.74) is 7.95. The third-order valence-electron chi connectivity index (χ3n) is 3.60. The Labute approximate surface area is 101 Å². The lowest BCUT2D eigenvalue weighted by molar-refractivity contribution is -0.0798. The molecule has 4 nitrogen and oxygen atoms in total. The molecule has 3 N–H and O–H groups in total. The third-order valence-corrected chi connectivity index (χ3v) is 3.60. The summed E-state index contributed by atoms with van der Waals surface area (Å²) < 4.78 is 10.5. The monoisotopic (exact) mass is 237 g/mol. The second-order valence-electron chi connectivity index (χ2n) is 4.62. The maximum absolute atomic E-state index is 9.26. The second kappa shape index (κ2) is 4.64. The molecule has 1 unspecified atom stereocenters. The van der Waals surface area contributed by atoms with Crippen molar-refractivity contribution in [1.82, 2.24) is 0 Å². The summed E-state index contributed by atoms with van der Waals surface area (Å²) in [6, 6.07) is 5.72. The first kappa shape index (κ1) is 12.4. The summed E-state index contributed by atoms with van der Waals surface area (Å²) in [5.74, 6) is 0.863. The molecule has 1 saturated heterocycles. The molecule has 0 amide bonds. The Morgan fingerprint density at radius 2 is 2.24 bits per heavy atom.